The summed E-state index contributed by atoms with van der Waals surface area (Å²) in [5, 5.41) is 16.2. The topological polar surface area (TPSA) is 97.1 Å². The van der Waals surface area contributed by atoms with Gasteiger partial charge in [-0.15, -0.1) is 11.3 Å². The third-order valence-electron chi connectivity index (χ3n) is 2.79. The van der Waals surface area contributed by atoms with E-state index >= 15 is 0 Å². The summed E-state index contributed by atoms with van der Waals surface area (Å²) < 4.78 is 1.25. The Hall–Kier alpha value is -2.22. The Morgan fingerprint density at radius 1 is 1.45 bits per heavy atom. The van der Waals surface area contributed by atoms with Gasteiger partial charge in [0.2, 0.25) is 0 Å². The van der Waals surface area contributed by atoms with Crippen molar-refractivity contribution in [1.29, 1.82) is 0 Å². The van der Waals surface area contributed by atoms with Gasteiger partial charge in [-0.1, -0.05) is 13.8 Å². The number of nitrogens with zero attached hydrogens (tertiary/aromatic N) is 3. The molecule has 0 atom stereocenters. The van der Waals surface area contributed by atoms with E-state index in [-0.39, 0.29) is 12.5 Å². The van der Waals surface area contributed by atoms with Crippen LogP contribution in [-0.2, 0) is 17.8 Å². The normalized spacial score (nSPS) is 10.9. The maximum atomic E-state index is 12.4. The number of carboxylic acids is 1. The van der Waals surface area contributed by atoms with Gasteiger partial charge in [0.25, 0.3) is 5.91 Å². The summed E-state index contributed by atoms with van der Waals surface area (Å²) in [5.41, 5.74) is 0.792. The lowest BCUT2D eigenvalue weighted by Crippen LogP contribution is -2.15. The van der Waals surface area contributed by atoms with Crippen molar-refractivity contribution in [3.63, 3.8) is 0 Å². The van der Waals surface area contributed by atoms with E-state index in [0.29, 0.717) is 16.6 Å². The molecule has 0 aliphatic heterocycles. The van der Waals surface area contributed by atoms with E-state index in [4.69, 9.17) is 5.11 Å². The lowest BCUT2D eigenvalue weighted by molar-refractivity contribution is -0.137. The Balaban J connectivity index is 2.12. The Morgan fingerprint density at radius 2 is 2.18 bits per heavy atom. The van der Waals surface area contributed by atoms with E-state index in [1.54, 1.807) is 6.07 Å². The Kier molecular flexibility index (Phi) is 4.92. The fourth-order valence-electron chi connectivity index (χ4n) is 2.00. The highest BCUT2D eigenvalue weighted by Crippen LogP contribution is 2.22. The van der Waals surface area contributed by atoms with Crippen molar-refractivity contribution < 1.29 is 14.7 Å². The zero-order valence-electron chi connectivity index (χ0n) is 12.7. The van der Waals surface area contributed by atoms with Gasteiger partial charge in [-0.25, -0.2) is 4.98 Å². The maximum absolute atomic E-state index is 12.4. The molecule has 1 amide bonds. The average Bonchev–Trinajstić information content (AvgIpc) is 2.95. The van der Waals surface area contributed by atoms with Gasteiger partial charge >= 0.3 is 5.97 Å². The monoisotopic (exact) mass is 322 g/mol. The van der Waals surface area contributed by atoms with Crippen LogP contribution < -0.4 is 5.32 Å². The molecule has 118 valence electrons. The Labute approximate surface area is 132 Å². The molecule has 7 nitrogen and oxygen atoms in total. The molecule has 0 bridgehead atoms. The molecule has 2 heterocycles. The summed E-state index contributed by atoms with van der Waals surface area (Å²) in [4.78, 5) is 28.0. The molecule has 8 heteroatoms. The van der Waals surface area contributed by atoms with Crippen LogP contribution in [0.3, 0.4) is 0 Å². The number of rotatable bonds is 6. The summed E-state index contributed by atoms with van der Waals surface area (Å²) >= 11 is 1.35. The van der Waals surface area contributed by atoms with Crippen molar-refractivity contribution in [2.24, 2.45) is 5.92 Å². The van der Waals surface area contributed by atoms with Crippen LogP contribution in [0.2, 0.25) is 0 Å². The summed E-state index contributed by atoms with van der Waals surface area (Å²) in [6.45, 7) is 5.77. The lowest BCUT2D eigenvalue weighted by atomic mass is 10.1. The minimum Gasteiger partial charge on any atom is -0.480 e. The molecule has 22 heavy (non-hydrogen) atoms. The van der Waals surface area contributed by atoms with Crippen LogP contribution in [-0.4, -0.2) is 31.7 Å². The van der Waals surface area contributed by atoms with Crippen LogP contribution in [0.5, 0.6) is 0 Å². The smallest absolute Gasteiger partial charge is 0.325 e. The second-order valence-corrected chi connectivity index (χ2v) is 6.56. The molecule has 2 N–H and O–H groups in total. The predicted octanol–water partition coefficient (Wildman–Crippen LogP) is 2.18. The number of carbonyl (C=O) groups excluding carboxylic acids is 1. The highest BCUT2D eigenvalue weighted by Gasteiger charge is 2.18. The standard InChI is InChI=1S/C14H18N4O3S/c1-8(2)6-10-13(22-9(3)15-10)14(21)16-11-4-5-18(17-11)7-12(19)20/h4-5,8H,6-7H2,1-3H3,(H,19,20)(H,16,17,21). The molecule has 2 rings (SSSR count). The number of carbonyl (C=O) groups is 2. The highest BCUT2D eigenvalue weighted by atomic mass is 32.1. The maximum Gasteiger partial charge on any atom is 0.325 e. The van der Waals surface area contributed by atoms with Gasteiger partial charge in [-0.05, 0) is 19.3 Å². The third kappa shape index (κ3) is 4.14. The minimum atomic E-state index is -0.988. The van der Waals surface area contributed by atoms with Gasteiger partial charge < -0.3 is 10.4 Å². The quantitative estimate of drug-likeness (QED) is 0.849. The van der Waals surface area contributed by atoms with Crippen molar-refractivity contribution in [2.75, 3.05) is 5.32 Å². The van der Waals surface area contributed by atoms with Gasteiger partial charge in [0.05, 0.1) is 10.7 Å². The molecule has 0 aliphatic carbocycles. The number of amides is 1. The number of hydrogen-bond donors (Lipinski definition) is 2. The molecular weight excluding hydrogens is 304 g/mol. The molecule has 0 radical (unpaired) electrons. The fourth-order valence-corrected chi connectivity index (χ4v) is 2.84. The average molecular weight is 322 g/mol. The van der Waals surface area contributed by atoms with Gasteiger partial charge in [0.1, 0.15) is 11.4 Å². The van der Waals surface area contributed by atoms with Gasteiger partial charge in [-0.3, -0.25) is 14.3 Å². The molecule has 0 saturated heterocycles. The van der Waals surface area contributed by atoms with Crippen LogP contribution in [0, 0.1) is 12.8 Å². The molecule has 0 unspecified atom stereocenters. The number of nitrogens with one attached hydrogen (secondary N) is 1. The minimum absolute atomic E-state index is 0.242. The number of anilines is 1. The van der Waals surface area contributed by atoms with E-state index < -0.39 is 5.97 Å². The van der Waals surface area contributed by atoms with Crippen LogP contribution >= 0.6 is 11.3 Å². The van der Waals surface area contributed by atoms with Crippen molar-refractivity contribution in [2.45, 2.75) is 33.7 Å². The Morgan fingerprint density at radius 3 is 2.82 bits per heavy atom. The summed E-state index contributed by atoms with van der Waals surface area (Å²) in [5.74, 6) is -0.518. The molecule has 0 spiro atoms. The van der Waals surface area contributed by atoms with E-state index in [1.165, 1.54) is 22.2 Å². The first kappa shape index (κ1) is 16.2. The SMILES string of the molecule is Cc1nc(CC(C)C)c(C(=O)Nc2ccn(CC(=O)O)n2)s1. The molecule has 0 aliphatic rings. The van der Waals surface area contributed by atoms with Crippen molar-refractivity contribution in [3.05, 3.63) is 27.8 Å². The molecule has 0 fully saturated rings. The van der Waals surface area contributed by atoms with E-state index in [0.717, 1.165) is 17.1 Å². The second kappa shape index (κ2) is 6.69. The van der Waals surface area contributed by atoms with Crippen molar-refractivity contribution in [3.8, 4) is 0 Å². The lowest BCUT2D eigenvalue weighted by Gasteiger charge is -2.05. The number of thiazole rings is 1. The number of carboxylic acid groups (broad SMARTS) is 1. The molecule has 0 aromatic carbocycles. The molecule has 2 aromatic heterocycles. The number of hydrogen-bond acceptors (Lipinski definition) is 5. The Bertz CT molecular complexity index is 690. The summed E-state index contributed by atoms with van der Waals surface area (Å²) in [6, 6.07) is 1.57. The fraction of sp³-hybridized carbons (Fsp3) is 0.429. The first-order chi connectivity index (χ1) is 10.3. The van der Waals surface area contributed by atoms with Gasteiger partial charge in [0, 0.05) is 12.3 Å². The van der Waals surface area contributed by atoms with Crippen LogP contribution in [0.15, 0.2) is 12.3 Å². The highest BCUT2D eigenvalue weighted by molar-refractivity contribution is 7.13. The number of aromatic nitrogens is 3. The number of aliphatic carboxylic acids is 1. The van der Waals surface area contributed by atoms with Gasteiger partial charge in [0.15, 0.2) is 5.82 Å². The molecule has 0 saturated carbocycles. The molecule has 2 aromatic rings. The molecular formula is C14H18N4O3S. The van der Waals surface area contributed by atoms with E-state index in [9.17, 15) is 9.59 Å². The first-order valence-corrected chi connectivity index (χ1v) is 7.69. The zero-order chi connectivity index (χ0) is 16.3. The second-order valence-electron chi connectivity index (χ2n) is 5.35. The van der Waals surface area contributed by atoms with Crippen LogP contribution in [0.1, 0.15) is 34.2 Å². The third-order valence-corrected chi connectivity index (χ3v) is 3.80. The summed E-state index contributed by atoms with van der Waals surface area (Å²) in [7, 11) is 0. The number of aryl methyl sites for hydroxylation is 1. The van der Waals surface area contributed by atoms with Gasteiger partial charge in [-0.2, -0.15) is 5.10 Å². The van der Waals surface area contributed by atoms with Crippen molar-refractivity contribution in [1.82, 2.24) is 14.8 Å². The largest absolute Gasteiger partial charge is 0.480 e. The first-order valence-electron chi connectivity index (χ1n) is 6.88. The van der Waals surface area contributed by atoms with Crippen molar-refractivity contribution >= 4 is 29.0 Å². The van der Waals surface area contributed by atoms with Crippen LogP contribution in [0.25, 0.3) is 0 Å². The predicted molar refractivity (Wildman–Crippen MR) is 83.2 cm³/mol. The van der Waals surface area contributed by atoms with E-state index in [2.05, 4.69) is 29.2 Å². The van der Waals surface area contributed by atoms with Crippen LogP contribution in [0.4, 0.5) is 5.82 Å². The zero-order valence-corrected chi connectivity index (χ0v) is 13.5. The summed E-state index contributed by atoms with van der Waals surface area (Å²) in [6.07, 6.45) is 2.25. The van der Waals surface area contributed by atoms with E-state index in [1.807, 2.05) is 6.92 Å².